The fourth-order valence-electron chi connectivity index (χ4n) is 2.37. The summed E-state index contributed by atoms with van der Waals surface area (Å²) in [5.74, 6) is 2.09. The first kappa shape index (κ1) is 12.6. The van der Waals surface area contributed by atoms with Crippen molar-refractivity contribution in [2.45, 2.75) is 38.6 Å². The highest BCUT2D eigenvalue weighted by Crippen LogP contribution is 2.28. The lowest BCUT2D eigenvalue weighted by molar-refractivity contribution is 0.339. The van der Waals surface area contributed by atoms with E-state index in [1.54, 1.807) is 6.07 Å². The number of halogens is 1. The maximum atomic E-state index is 5.74. The van der Waals surface area contributed by atoms with Gasteiger partial charge in [-0.1, -0.05) is 6.92 Å². The zero-order valence-corrected chi connectivity index (χ0v) is 11.9. The van der Waals surface area contributed by atoms with Crippen LogP contribution in [0.3, 0.4) is 0 Å². The molecule has 1 aliphatic carbocycles. The van der Waals surface area contributed by atoms with Crippen molar-refractivity contribution in [1.29, 1.82) is 0 Å². The number of hydrogen-bond donors (Lipinski definition) is 1. The zero-order chi connectivity index (χ0) is 12.4. The van der Waals surface area contributed by atoms with E-state index in [9.17, 15) is 0 Å². The highest BCUT2D eigenvalue weighted by Gasteiger charge is 2.23. The number of nitrogen functional groups attached to an aromatic ring is 1. The normalized spacial score (nSPS) is 24.6. The van der Waals surface area contributed by atoms with Crippen molar-refractivity contribution in [3.8, 4) is 0 Å². The second-order valence-corrected chi connectivity index (χ2v) is 5.75. The van der Waals surface area contributed by atoms with Gasteiger partial charge < -0.3 is 10.6 Å². The van der Waals surface area contributed by atoms with Crippen LogP contribution >= 0.6 is 15.9 Å². The highest BCUT2D eigenvalue weighted by atomic mass is 79.9. The van der Waals surface area contributed by atoms with E-state index in [1.807, 2.05) is 0 Å². The predicted molar refractivity (Wildman–Crippen MR) is 74.0 cm³/mol. The molecule has 5 heteroatoms. The molecule has 0 aromatic carbocycles. The third-order valence-electron chi connectivity index (χ3n) is 3.55. The molecule has 0 saturated heterocycles. The zero-order valence-electron chi connectivity index (χ0n) is 10.4. The summed E-state index contributed by atoms with van der Waals surface area (Å²) in [6.45, 7) is 2.32. The van der Waals surface area contributed by atoms with E-state index in [2.05, 4.69) is 44.8 Å². The van der Waals surface area contributed by atoms with Crippen molar-refractivity contribution < 1.29 is 0 Å². The molecule has 1 aromatic heterocycles. The molecular formula is C12H19BrN4. The Bertz CT molecular complexity index is 368. The minimum atomic E-state index is 0.512. The molecule has 0 aliphatic heterocycles. The summed E-state index contributed by atoms with van der Waals surface area (Å²) in [6.07, 6.45) is 5.01. The number of aromatic nitrogens is 2. The largest absolute Gasteiger partial charge is 0.383 e. The van der Waals surface area contributed by atoms with Gasteiger partial charge in [-0.2, -0.15) is 4.98 Å². The molecule has 4 nitrogen and oxygen atoms in total. The number of nitrogens with zero attached hydrogens (tertiary/aromatic N) is 3. The molecule has 17 heavy (non-hydrogen) atoms. The van der Waals surface area contributed by atoms with Crippen LogP contribution in [0.15, 0.2) is 10.7 Å². The Morgan fingerprint density at radius 1 is 1.29 bits per heavy atom. The summed E-state index contributed by atoms with van der Waals surface area (Å²) < 4.78 is 0.746. The number of anilines is 2. The van der Waals surface area contributed by atoms with E-state index in [0.29, 0.717) is 11.9 Å². The lowest BCUT2D eigenvalue weighted by Crippen LogP contribution is -2.36. The molecule has 1 saturated carbocycles. The van der Waals surface area contributed by atoms with Crippen molar-refractivity contribution in [2.75, 3.05) is 17.7 Å². The van der Waals surface area contributed by atoms with Crippen molar-refractivity contribution in [3.63, 3.8) is 0 Å². The minimum Gasteiger partial charge on any atom is -0.383 e. The van der Waals surface area contributed by atoms with E-state index in [0.717, 1.165) is 16.5 Å². The van der Waals surface area contributed by atoms with Gasteiger partial charge >= 0.3 is 0 Å². The number of rotatable bonds is 2. The van der Waals surface area contributed by atoms with Gasteiger partial charge in [0.15, 0.2) is 0 Å². The number of hydrogen-bond acceptors (Lipinski definition) is 4. The summed E-state index contributed by atoms with van der Waals surface area (Å²) in [5, 5.41) is 0. The molecule has 0 spiro atoms. The molecule has 1 fully saturated rings. The van der Waals surface area contributed by atoms with Gasteiger partial charge in [-0.3, -0.25) is 0 Å². The highest BCUT2D eigenvalue weighted by molar-refractivity contribution is 9.10. The van der Waals surface area contributed by atoms with Gasteiger partial charge in [0.25, 0.3) is 0 Å². The molecule has 0 atom stereocenters. The molecule has 1 aliphatic rings. The SMILES string of the molecule is CC1CCC(N(C)c2nc(N)cc(Br)n2)CC1. The molecule has 0 amide bonds. The summed E-state index contributed by atoms with van der Waals surface area (Å²) in [4.78, 5) is 10.8. The van der Waals surface area contributed by atoms with Gasteiger partial charge in [0.1, 0.15) is 10.4 Å². The first-order chi connectivity index (χ1) is 8.06. The van der Waals surface area contributed by atoms with Gasteiger partial charge in [-0.05, 0) is 47.5 Å². The van der Waals surface area contributed by atoms with E-state index in [1.165, 1.54) is 25.7 Å². The van der Waals surface area contributed by atoms with Gasteiger partial charge in [0.05, 0.1) is 0 Å². The van der Waals surface area contributed by atoms with Crippen LogP contribution in [-0.2, 0) is 0 Å². The Hall–Kier alpha value is -0.840. The molecular weight excluding hydrogens is 280 g/mol. The van der Waals surface area contributed by atoms with Crippen LogP contribution in [0.25, 0.3) is 0 Å². The van der Waals surface area contributed by atoms with Gasteiger partial charge in [-0.25, -0.2) is 4.98 Å². The monoisotopic (exact) mass is 298 g/mol. The lowest BCUT2D eigenvalue weighted by Gasteiger charge is -2.33. The van der Waals surface area contributed by atoms with E-state index in [4.69, 9.17) is 5.73 Å². The van der Waals surface area contributed by atoms with Crippen molar-refractivity contribution in [1.82, 2.24) is 9.97 Å². The molecule has 2 N–H and O–H groups in total. The smallest absolute Gasteiger partial charge is 0.228 e. The Kier molecular flexibility index (Phi) is 3.86. The molecule has 1 aromatic rings. The third kappa shape index (κ3) is 3.09. The van der Waals surface area contributed by atoms with Crippen LogP contribution in [-0.4, -0.2) is 23.1 Å². The second kappa shape index (κ2) is 5.21. The molecule has 94 valence electrons. The molecule has 0 radical (unpaired) electrons. The molecule has 0 unspecified atom stereocenters. The van der Waals surface area contributed by atoms with Crippen LogP contribution in [0, 0.1) is 5.92 Å². The quantitative estimate of drug-likeness (QED) is 0.853. The Morgan fingerprint density at radius 3 is 2.53 bits per heavy atom. The minimum absolute atomic E-state index is 0.512. The molecule has 1 heterocycles. The van der Waals surface area contributed by atoms with Crippen molar-refractivity contribution in [3.05, 3.63) is 10.7 Å². The van der Waals surface area contributed by atoms with E-state index in [-0.39, 0.29) is 0 Å². The summed E-state index contributed by atoms with van der Waals surface area (Å²) in [7, 11) is 2.06. The standard InChI is InChI=1S/C12H19BrN4/c1-8-3-5-9(6-4-8)17(2)12-15-10(13)7-11(14)16-12/h7-9H,3-6H2,1-2H3,(H2,14,15,16). The maximum absolute atomic E-state index is 5.74. The Morgan fingerprint density at radius 2 is 1.94 bits per heavy atom. The van der Waals surface area contributed by atoms with Crippen LogP contribution in [0.4, 0.5) is 11.8 Å². The van der Waals surface area contributed by atoms with Gasteiger partial charge in [0.2, 0.25) is 5.95 Å². The van der Waals surface area contributed by atoms with Crippen LogP contribution in [0.5, 0.6) is 0 Å². The average molecular weight is 299 g/mol. The first-order valence-corrected chi connectivity index (χ1v) is 6.88. The summed E-state index contributed by atoms with van der Waals surface area (Å²) >= 11 is 3.36. The van der Waals surface area contributed by atoms with Crippen LogP contribution in [0.2, 0.25) is 0 Å². The molecule has 0 bridgehead atoms. The lowest BCUT2D eigenvalue weighted by atomic mass is 9.87. The average Bonchev–Trinajstić information content (AvgIpc) is 2.28. The maximum Gasteiger partial charge on any atom is 0.228 e. The van der Waals surface area contributed by atoms with Crippen molar-refractivity contribution in [2.24, 2.45) is 5.92 Å². The molecule has 2 rings (SSSR count). The Balaban J connectivity index is 2.10. The first-order valence-electron chi connectivity index (χ1n) is 6.09. The third-order valence-corrected chi connectivity index (χ3v) is 3.96. The van der Waals surface area contributed by atoms with Crippen molar-refractivity contribution >= 4 is 27.7 Å². The van der Waals surface area contributed by atoms with E-state index >= 15 is 0 Å². The van der Waals surface area contributed by atoms with Crippen LogP contribution < -0.4 is 10.6 Å². The van der Waals surface area contributed by atoms with Crippen LogP contribution in [0.1, 0.15) is 32.6 Å². The van der Waals surface area contributed by atoms with Gasteiger partial charge in [-0.15, -0.1) is 0 Å². The topological polar surface area (TPSA) is 55.0 Å². The fourth-order valence-corrected chi connectivity index (χ4v) is 2.77. The van der Waals surface area contributed by atoms with E-state index < -0.39 is 0 Å². The Labute approximate surface area is 111 Å². The second-order valence-electron chi connectivity index (χ2n) is 4.94. The summed E-state index contributed by atoms with van der Waals surface area (Å²) in [5.41, 5.74) is 5.74. The summed E-state index contributed by atoms with van der Waals surface area (Å²) in [6, 6.07) is 2.26. The predicted octanol–water partition coefficient (Wildman–Crippen LogP) is 2.84. The van der Waals surface area contributed by atoms with Gasteiger partial charge in [0, 0.05) is 19.2 Å². The number of nitrogens with two attached hydrogens (primary N) is 1. The fraction of sp³-hybridized carbons (Fsp3) is 0.667.